The molecule has 2 heterocycles. The molecule has 0 aliphatic heterocycles. The molecule has 0 N–H and O–H groups in total. The zero-order chi connectivity index (χ0) is 11.5. The maximum Gasteiger partial charge on any atom is 0.197 e. The average molecular weight is 214 g/mol. The molecule has 0 aliphatic carbocycles. The molecule has 0 fully saturated rings. The minimum Gasteiger partial charge on any atom is -0.294 e. The van der Waals surface area contributed by atoms with Crippen LogP contribution in [0.1, 0.15) is 23.0 Å². The van der Waals surface area contributed by atoms with Crippen molar-refractivity contribution in [1.82, 2.24) is 19.9 Å². The van der Waals surface area contributed by atoms with E-state index < -0.39 is 0 Å². The van der Waals surface area contributed by atoms with Crippen LogP contribution in [-0.4, -0.2) is 25.7 Å². The first-order valence-electron chi connectivity index (χ1n) is 4.80. The Kier molecular flexibility index (Phi) is 2.68. The monoisotopic (exact) mass is 214 g/mol. The number of nitrogens with zero attached hydrogens (tertiary/aromatic N) is 4. The maximum absolute atomic E-state index is 11.2. The lowest BCUT2D eigenvalue weighted by atomic mass is 10.2. The van der Waals surface area contributed by atoms with Gasteiger partial charge in [0.1, 0.15) is 0 Å². The molecule has 0 amide bonds. The summed E-state index contributed by atoms with van der Waals surface area (Å²) in [6, 6.07) is 1.72. The lowest BCUT2D eigenvalue weighted by molar-refractivity contribution is 0.101. The Labute approximate surface area is 92.6 Å². The number of aromatic nitrogens is 4. The smallest absolute Gasteiger partial charge is 0.197 e. The molecule has 5 heteroatoms. The summed E-state index contributed by atoms with van der Waals surface area (Å²) in [5.74, 6) is 0.849. The lowest BCUT2D eigenvalue weighted by Gasteiger charge is -2.02. The summed E-state index contributed by atoms with van der Waals surface area (Å²) < 4.78 is 0. The molecular weight excluding hydrogens is 204 g/mol. The third-order valence-corrected chi connectivity index (χ3v) is 2.12. The molecule has 2 aromatic rings. The summed E-state index contributed by atoms with van der Waals surface area (Å²) in [5, 5.41) is 0. The van der Waals surface area contributed by atoms with Gasteiger partial charge in [-0.05, 0) is 19.9 Å². The van der Waals surface area contributed by atoms with Crippen molar-refractivity contribution < 1.29 is 4.79 Å². The van der Waals surface area contributed by atoms with E-state index in [1.165, 1.54) is 13.1 Å². The first-order chi connectivity index (χ1) is 7.68. The fourth-order valence-electron chi connectivity index (χ4n) is 1.34. The van der Waals surface area contributed by atoms with E-state index in [1.54, 1.807) is 25.4 Å². The van der Waals surface area contributed by atoms with Crippen molar-refractivity contribution in [3.05, 3.63) is 35.9 Å². The Morgan fingerprint density at radius 3 is 2.38 bits per heavy atom. The highest BCUT2D eigenvalue weighted by Gasteiger charge is 2.09. The Bertz CT molecular complexity index is 525. The predicted octanol–water partition coefficient (Wildman–Crippen LogP) is 1.44. The van der Waals surface area contributed by atoms with Crippen LogP contribution in [-0.2, 0) is 0 Å². The highest BCUT2D eigenvalue weighted by molar-refractivity contribution is 5.94. The van der Waals surface area contributed by atoms with Crippen LogP contribution < -0.4 is 0 Å². The van der Waals surface area contributed by atoms with Crippen molar-refractivity contribution >= 4 is 5.78 Å². The van der Waals surface area contributed by atoms with Crippen molar-refractivity contribution in [3.8, 4) is 11.6 Å². The summed E-state index contributed by atoms with van der Waals surface area (Å²) in [6.07, 6.45) is 4.76. The molecule has 5 nitrogen and oxygen atoms in total. The highest BCUT2D eigenvalue weighted by atomic mass is 16.1. The number of carbonyl (C=O) groups excluding carboxylic acids is 1. The number of Topliss-reactive ketones (excluding diaryl/α,β-unsaturated/α-hetero) is 1. The van der Waals surface area contributed by atoms with E-state index in [2.05, 4.69) is 19.9 Å². The number of hydrogen-bond donors (Lipinski definition) is 0. The average Bonchev–Trinajstić information content (AvgIpc) is 2.29. The minimum atomic E-state index is -0.0435. The van der Waals surface area contributed by atoms with E-state index in [-0.39, 0.29) is 5.78 Å². The fourth-order valence-corrected chi connectivity index (χ4v) is 1.34. The van der Waals surface area contributed by atoms with Crippen molar-refractivity contribution in [2.45, 2.75) is 13.8 Å². The van der Waals surface area contributed by atoms with Crippen molar-refractivity contribution in [3.63, 3.8) is 0 Å². The molecular formula is C11H10N4O. The van der Waals surface area contributed by atoms with Crippen molar-refractivity contribution in [2.75, 3.05) is 0 Å². The zero-order valence-electron chi connectivity index (χ0n) is 9.01. The van der Waals surface area contributed by atoms with Gasteiger partial charge in [-0.15, -0.1) is 0 Å². The van der Waals surface area contributed by atoms with E-state index in [0.717, 1.165) is 0 Å². The Hall–Kier alpha value is -2.17. The Balaban J connectivity index is 2.46. The SMILES string of the molecule is CC(=O)c1cnc(-c2ncccn2)nc1C. The third kappa shape index (κ3) is 1.93. The first-order valence-corrected chi connectivity index (χ1v) is 4.80. The molecule has 0 radical (unpaired) electrons. The number of ketones is 1. The Morgan fingerprint density at radius 2 is 1.81 bits per heavy atom. The Morgan fingerprint density at radius 1 is 1.12 bits per heavy atom. The third-order valence-electron chi connectivity index (χ3n) is 2.12. The number of aryl methyl sites for hydroxylation is 1. The molecule has 0 bridgehead atoms. The molecule has 0 spiro atoms. The van der Waals surface area contributed by atoms with Crippen molar-refractivity contribution in [1.29, 1.82) is 0 Å². The van der Waals surface area contributed by atoms with Gasteiger partial charge in [-0.2, -0.15) is 0 Å². The van der Waals surface area contributed by atoms with Crippen LogP contribution in [0.5, 0.6) is 0 Å². The number of rotatable bonds is 2. The second-order valence-corrected chi connectivity index (χ2v) is 3.32. The highest BCUT2D eigenvalue weighted by Crippen LogP contribution is 2.11. The van der Waals surface area contributed by atoms with Gasteiger partial charge < -0.3 is 0 Å². The normalized spacial score (nSPS) is 10.1. The van der Waals surface area contributed by atoms with Gasteiger partial charge in [0, 0.05) is 18.6 Å². The van der Waals surface area contributed by atoms with Gasteiger partial charge in [0.15, 0.2) is 17.4 Å². The van der Waals surface area contributed by atoms with E-state index in [0.29, 0.717) is 22.9 Å². The zero-order valence-corrected chi connectivity index (χ0v) is 9.01. The van der Waals surface area contributed by atoms with Crippen LogP contribution in [0.25, 0.3) is 11.6 Å². The molecule has 2 aromatic heterocycles. The van der Waals surface area contributed by atoms with E-state index in [1.807, 2.05) is 0 Å². The van der Waals surface area contributed by atoms with Gasteiger partial charge in [-0.3, -0.25) is 4.79 Å². The van der Waals surface area contributed by atoms with Crippen LogP contribution in [0.3, 0.4) is 0 Å². The fraction of sp³-hybridized carbons (Fsp3) is 0.182. The van der Waals surface area contributed by atoms with E-state index in [4.69, 9.17) is 0 Å². The molecule has 0 saturated carbocycles. The second kappa shape index (κ2) is 4.14. The van der Waals surface area contributed by atoms with Gasteiger partial charge in [0.2, 0.25) is 0 Å². The summed E-state index contributed by atoms with van der Waals surface area (Å²) in [5.41, 5.74) is 1.17. The first kappa shape index (κ1) is 10.4. The molecule has 2 rings (SSSR count). The quantitative estimate of drug-likeness (QED) is 0.707. The van der Waals surface area contributed by atoms with Gasteiger partial charge >= 0.3 is 0 Å². The molecule has 0 unspecified atom stereocenters. The molecule has 0 atom stereocenters. The largest absolute Gasteiger partial charge is 0.294 e. The van der Waals surface area contributed by atoms with E-state index in [9.17, 15) is 4.79 Å². The molecule has 0 aliphatic rings. The van der Waals surface area contributed by atoms with Crippen LogP contribution in [0.15, 0.2) is 24.7 Å². The molecule has 0 saturated heterocycles. The van der Waals surface area contributed by atoms with Crippen LogP contribution >= 0.6 is 0 Å². The summed E-state index contributed by atoms with van der Waals surface area (Å²) in [7, 11) is 0. The summed E-state index contributed by atoms with van der Waals surface area (Å²) in [6.45, 7) is 3.26. The summed E-state index contributed by atoms with van der Waals surface area (Å²) >= 11 is 0. The van der Waals surface area contributed by atoms with Gasteiger partial charge in [-0.1, -0.05) is 0 Å². The van der Waals surface area contributed by atoms with Crippen LogP contribution in [0.2, 0.25) is 0 Å². The number of hydrogen-bond acceptors (Lipinski definition) is 5. The van der Waals surface area contributed by atoms with Gasteiger partial charge in [-0.25, -0.2) is 19.9 Å². The van der Waals surface area contributed by atoms with Crippen LogP contribution in [0.4, 0.5) is 0 Å². The van der Waals surface area contributed by atoms with Crippen LogP contribution in [0, 0.1) is 6.92 Å². The lowest BCUT2D eigenvalue weighted by Crippen LogP contribution is -2.03. The predicted molar refractivity (Wildman–Crippen MR) is 57.8 cm³/mol. The number of carbonyl (C=O) groups is 1. The molecule has 0 aromatic carbocycles. The van der Waals surface area contributed by atoms with Crippen molar-refractivity contribution in [2.24, 2.45) is 0 Å². The topological polar surface area (TPSA) is 68.6 Å². The standard InChI is InChI=1S/C11H10N4O/c1-7-9(8(2)16)6-14-11(15-7)10-12-4-3-5-13-10/h3-6H,1-2H3. The van der Waals surface area contributed by atoms with Gasteiger partial charge in [0.25, 0.3) is 0 Å². The maximum atomic E-state index is 11.2. The van der Waals surface area contributed by atoms with Gasteiger partial charge in [0.05, 0.1) is 11.3 Å². The summed E-state index contributed by atoms with van der Waals surface area (Å²) in [4.78, 5) is 27.6. The van der Waals surface area contributed by atoms with E-state index >= 15 is 0 Å². The minimum absolute atomic E-state index is 0.0435. The molecule has 80 valence electrons. The molecule has 16 heavy (non-hydrogen) atoms. The second-order valence-electron chi connectivity index (χ2n) is 3.32.